The Balaban J connectivity index is 1.93. The van der Waals surface area contributed by atoms with E-state index in [2.05, 4.69) is 4.99 Å². The second-order valence-corrected chi connectivity index (χ2v) is 9.06. The van der Waals surface area contributed by atoms with Crippen LogP contribution in [0.25, 0.3) is 6.08 Å². The monoisotopic (exact) mass is 522 g/mol. The molecule has 0 radical (unpaired) electrons. The van der Waals surface area contributed by atoms with Gasteiger partial charge in [-0.3, -0.25) is 14.2 Å². The summed E-state index contributed by atoms with van der Waals surface area (Å²) in [5, 5.41) is 0. The molecule has 4 rings (SSSR count). The molecule has 1 unspecified atom stereocenters. The lowest BCUT2D eigenvalue weighted by Crippen LogP contribution is -2.39. The van der Waals surface area contributed by atoms with E-state index in [1.807, 2.05) is 6.07 Å². The summed E-state index contributed by atoms with van der Waals surface area (Å²) in [6.45, 7) is 4.92. The lowest BCUT2D eigenvalue weighted by atomic mass is 9.96. The molecule has 192 valence electrons. The average Bonchev–Trinajstić information content (AvgIpc) is 3.17. The number of hydrogen-bond acceptors (Lipinski definition) is 9. The first-order valence-electron chi connectivity index (χ1n) is 11.5. The number of thiazole rings is 1. The molecule has 0 fully saturated rings. The van der Waals surface area contributed by atoms with Gasteiger partial charge < -0.3 is 18.9 Å². The van der Waals surface area contributed by atoms with Crippen LogP contribution in [-0.2, 0) is 14.3 Å². The van der Waals surface area contributed by atoms with Crippen molar-refractivity contribution in [1.29, 1.82) is 0 Å². The summed E-state index contributed by atoms with van der Waals surface area (Å²) in [4.78, 5) is 43.1. The number of carbonyl (C=O) groups excluding carboxylic acids is 2. The van der Waals surface area contributed by atoms with Crippen molar-refractivity contribution in [3.05, 3.63) is 84.5 Å². The fraction of sp³-hybridized carbons (Fsp3) is 0.259. The Labute approximate surface area is 216 Å². The van der Waals surface area contributed by atoms with Gasteiger partial charge in [-0.1, -0.05) is 35.6 Å². The van der Waals surface area contributed by atoms with Crippen LogP contribution in [0.1, 0.15) is 37.9 Å². The van der Waals surface area contributed by atoms with E-state index >= 15 is 0 Å². The lowest BCUT2D eigenvalue weighted by Gasteiger charge is -2.24. The van der Waals surface area contributed by atoms with Crippen molar-refractivity contribution < 1.29 is 28.5 Å². The number of hydrogen-bond donors (Lipinski definition) is 0. The average molecular weight is 523 g/mol. The Kier molecular flexibility index (Phi) is 7.58. The van der Waals surface area contributed by atoms with Crippen LogP contribution in [0.4, 0.5) is 0 Å². The summed E-state index contributed by atoms with van der Waals surface area (Å²) < 4.78 is 23.2. The number of carbonyl (C=O) groups is 2. The van der Waals surface area contributed by atoms with Crippen molar-refractivity contribution >= 4 is 29.4 Å². The summed E-state index contributed by atoms with van der Waals surface area (Å²) in [5.41, 5.74) is 1.70. The molecule has 0 spiro atoms. The van der Waals surface area contributed by atoms with Gasteiger partial charge in [0.2, 0.25) is 0 Å². The predicted molar refractivity (Wildman–Crippen MR) is 138 cm³/mol. The molecule has 9 nitrogen and oxygen atoms in total. The maximum Gasteiger partial charge on any atom is 0.338 e. The minimum Gasteiger partial charge on any atom is -0.493 e. The quantitative estimate of drug-likeness (QED) is 0.347. The molecule has 37 heavy (non-hydrogen) atoms. The van der Waals surface area contributed by atoms with E-state index in [1.165, 1.54) is 29.9 Å². The number of allylic oxidation sites excluding steroid dienone is 1. The summed E-state index contributed by atoms with van der Waals surface area (Å²) in [6, 6.07) is 11.3. The van der Waals surface area contributed by atoms with Gasteiger partial charge in [0.25, 0.3) is 5.56 Å². The Morgan fingerprint density at radius 3 is 2.46 bits per heavy atom. The van der Waals surface area contributed by atoms with Gasteiger partial charge in [0.05, 0.1) is 42.7 Å². The van der Waals surface area contributed by atoms with Crippen molar-refractivity contribution in [3.63, 3.8) is 0 Å². The first kappa shape index (κ1) is 25.9. The molecule has 0 saturated carbocycles. The highest BCUT2D eigenvalue weighted by molar-refractivity contribution is 7.07. The second kappa shape index (κ2) is 10.8. The molecule has 1 aliphatic rings. The number of aromatic nitrogens is 1. The van der Waals surface area contributed by atoms with Crippen molar-refractivity contribution in [2.75, 3.05) is 20.8 Å². The van der Waals surface area contributed by atoms with Crippen LogP contribution in [0.2, 0.25) is 0 Å². The van der Waals surface area contributed by atoms with Gasteiger partial charge >= 0.3 is 11.9 Å². The van der Waals surface area contributed by atoms with Crippen molar-refractivity contribution in [2.24, 2.45) is 4.99 Å². The van der Waals surface area contributed by atoms with E-state index in [4.69, 9.17) is 18.9 Å². The fourth-order valence-electron chi connectivity index (χ4n) is 4.16. The van der Waals surface area contributed by atoms with E-state index < -0.39 is 18.0 Å². The van der Waals surface area contributed by atoms with E-state index in [9.17, 15) is 14.4 Å². The molecule has 10 heteroatoms. The van der Waals surface area contributed by atoms with Gasteiger partial charge in [-0.2, -0.15) is 0 Å². The van der Waals surface area contributed by atoms with E-state index in [1.54, 1.807) is 63.4 Å². The number of fused-ring (bicyclic) bond motifs is 1. The highest BCUT2D eigenvalue weighted by Gasteiger charge is 2.33. The zero-order chi connectivity index (χ0) is 26.7. The molecule has 2 heterocycles. The molecule has 1 aliphatic heterocycles. The summed E-state index contributed by atoms with van der Waals surface area (Å²) in [6.07, 6.45) is 1.72. The van der Waals surface area contributed by atoms with E-state index in [-0.39, 0.29) is 17.7 Å². The molecule has 0 N–H and O–H groups in total. The van der Waals surface area contributed by atoms with Gasteiger partial charge in [-0.05, 0) is 43.7 Å². The highest BCUT2D eigenvalue weighted by Crippen LogP contribution is 2.33. The van der Waals surface area contributed by atoms with Crippen LogP contribution in [-0.4, -0.2) is 37.3 Å². The zero-order valence-electron chi connectivity index (χ0n) is 21.1. The Morgan fingerprint density at radius 2 is 1.84 bits per heavy atom. The van der Waals surface area contributed by atoms with Crippen LogP contribution in [0.5, 0.6) is 17.2 Å². The number of rotatable bonds is 7. The minimum absolute atomic E-state index is 0.174. The standard InChI is InChI=1S/C27H26N2O7S/c1-6-35-26(32)22-15(2)28-27-29(23(22)17-10-12-19(13-11-17)36-16(3)30)25(31)21(37-27)14-18-8-7-9-20(33-4)24(18)34-5/h7-14,23H,6H2,1-5H3. The van der Waals surface area contributed by atoms with Crippen LogP contribution < -0.4 is 29.1 Å². The Morgan fingerprint density at radius 1 is 1.11 bits per heavy atom. The Hall–Kier alpha value is -4.18. The first-order valence-corrected chi connectivity index (χ1v) is 12.3. The lowest BCUT2D eigenvalue weighted by molar-refractivity contribution is -0.139. The molecular weight excluding hydrogens is 496 g/mol. The van der Waals surface area contributed by atoms with Crippen molar-refractivity contribution in [3.8, 4) is 17.2 Å². The molecule has 1 aromatic heterocycles. The van der Waals surface area contributed by atoms with Gasteiger partial charge in [0.15, 0.2) is 16.3 Å². The number of ether oxygens (including phenoxy) is 4. The van der Waals surface area contributed by atoms with Crippen molar-refractivity contribution in [2.45, 2.75) is 26.8 Å². The number of esters is 2. The van der Waals surface area contributed by atoms with Gasteiger partial charge in [-0.15, -0.1) is 0 Å². The third-order valence-electron chi connectivity index (χ3n) is 5.69. The molecule has 1 atom stereocenters. The largest absolute Gasteiger partial charge is 0.493 e. The Bertz CT molecular complexity index is 1570. The number of methoxy groups -OCH3 is 2. The van der Waals surface area contributed by atoms with Gasteiger partial charge in [-0.25, -0.2) is 9.79 Å². The summed E-state index contributed by atoms with van der Waals surface area (Å²) in [5.74, 6) is 0.387. The van der Waals surface area contributed by atoms with Gasteiger partial charge in [0, 0.05) is 12.5 Å². The summed E-state index contributed by atoms with van der Waals surface area (Å²) in [7, 11) is 3.08. The van der Waals surface area contributed by atoms with Crippen LogP contribution >= 0.6 is 11.3 Å². The fourth-order valence-corrected chi connectivity index (χ4v) is 5.20. The SMILES string of the molecule is CCOC(=O)C1=C(C)N=c2sc(=Cc3cccc(OC)c3OC)c(=O)n2C1c1ccc(OC(C)=O)cc1. The molecular formula is C27H26N2O7S. The normalized spacial score (nSPS) is 15.1. The first-order chi connectivity index (χ1) is 17.8. The van der Waals surface area contributed by atoms with Crippen LogP contribution in [0, 0.1) is 0 Å². The third-order valence-corrected chi connectivity index (χ3v) is 6.68. The summed E-state index contributed by atoms with van der Waals surface area (Å²) >= 11 is 1.21. The van der Waals surface area contributed by atoms with Gasteiger partial charge in [0.1, 0.15) is 5.75 Å². The second-order valence-electron chi connectivity index (χ2n) is 8.05. The van der Waals surface area contributed by atoms with E-state index in [0.29, 0.717) is 43.4 Å². The predicted octanol–water partition coefficient (Wildman–Crippen LogP) is 2.74. The molecule has 3 aromatic rings. The molecule has 0 aliphatic carbocycles. The minimum atomic E-state index is -0.781. The van der Waals surface area contributed by atoms with Crippen LogP contribution in [0.3, 0.4) is 0 Å². The molecule has 2 aromatic carbocycles. The smallest absolute Gasteiger partial charge is 0.338 e. The number of para-hydroxylation sites is 1. The molecule has 0 amide bonds. The zero-order valence-corrected chi connectivity index (χ0v) is 21.9. The third kappa shape index (κ3) is 5.05. The maximum absolute atomic E-state index is 13.8. The highest BCUT2D eigenvalue weighted by atomic mass is 32.1. The molecule has 0 bridgehead atoms. The molecule has 0 saturated heterocycles. The van der Waals surface area contributed by atoms with E-state index in [0.717, 1.165) is 0 Å². The van der Waals surface area contributed by atoms with Crippen molar-refractivity contribution in [1.82, 2.24) is 4.57 Å². The topological polar surface area (TPSA) is 105 Å². The number of benzene rings is 2. The maximum atomic E-state index is 13.8. The van der Waals surface area contributed by atoms with Crippen LogP contribution in [0.15, 0.2) is 63.5 Å². The number of nitrogens with zero attached hydrogens (tertiary/aromatic N) is 2.